The van der Waals surface area contributed by atoms with Gasteiger partial charge in [-0.1, -0.05) is 12.7 Å². The molecular weight excluding hydrogens is 178 g/mol. The molecule has 0 aliphatic rings. The molecule has 0 heterocycles. The highest BCUT2D eigenvalue weighted by atomic mass is 16.5. The maximum absolute atomic E-state index is 10.9. The Balaban J connectivity index is 4.33. The average molecular weight is 195 g/mol. The van der Waals surface area contributed by atoms with Gasteiger partial charge >= 0.3 is 5.97 Å². The maximum atomic E-state index is 10.9. The average Bonchev–Trinajstić information content (AvgIpc) is 2.13. The number of esters is 1. The van der Waals surface area contributed by atoms with Crippen LogP contribution >= 0.6 is 0 Å². The molecule has 0 rings (SSSR count). The molecule has 0 amide bonds. The number of hydrogen-bond donors (Lipinski definition) is 1. The Bertz CT molecular complexity index is 284. The third-order valence-electron chi connectivity index (χ3n) is 1.74. The minimum atomic E-state index is -0.281. The van der Waals surface area contributed by atoms with Crippen LogP contribution in [0.25, 0.3) is 0 Å². The zero-order chi connectivity index (χ0) is 11.1. The lowest BCUT2D eigenvalue weighted by Gasteiger charge is -2.03. The minimum absolute atomic E-state index is 0.219. The number of ether oxygens (including phenoxy) is 1. The Kier molecular flexibility index (Phi) is 5.37. The van der Waals surface area contributed by atoms with Crippen molar-refractivity contribution in [2.75, 3.05) is 7.11 Å². The first-order valence-electron chi connectivity index (χ1n) is 4.33. The van der Waals surface area contributed by atoms with Crippen molar-refractivity contribution in [1.82, 2.24) is 0 Å². The smallest absolute Gasteiger partial charge is 0.309 e. The van der Waals surface area contributed by atoms with Gasteiger partial charge in [-0.05, 0) is 31.1 Å². The van der Waals surface area contributed by atoms with Gasteiger partial charge in [-0.3, -0.25) is 4.79 Å². The zero-order valence-corrected chi connectivity index (χ0v) is 8.96. The van der Waals surface area contributed by atoms with Crippen molar-refractivity contribution < 1.29 is 9.53 Å². The van der Waals surface area contributed by atoms with E-state index in [1.54, 1.807) is 13.0 Å². The number of carbonyl (C=O) groups is 1. The van der Waals surface area contributed by atoms with E-state index in [1.807, 2.05) is 13.0 Å². The summed E-state index contributed by atoms with van der Waals surface area (Å²) < 4.78 is 4.53. The fourth-order valence-corrected chi connectivity index (χ4v) is 0.760. The quantitative estimate of drug-likeness (QED) is 0.550. The van der Waals surface area contributed by atoms with Crippen LogP contribution in [0.2, 0.25) is 0 Å². The number of allylic oxidation sites excluding steroid dienone is 4. The molecule has 0 bridgehead atoms. The fourth-order valence-electron chi connectivity index (χ4n) is 0.760. The lowest BCUT2D eigenvalue weighted by atomic mass is 10.1. The monoisotopic (exact) mass is 195 g/mol. The summed E-state index contributed by atoms with van der Waals surface area (Å²) in [7, 11) is 1.36. The molecule has 0 aliphatic heterocycles. The highest BCUT2D eigenvalue weighted by Gasteiger charge is 2.04. The van der Waals surface area contributed by atoms with Crippen LogP contribution < -0.4 is 5.73 Å². The number of nitrogens with two attached hydrogens (primary N) is 1. The first-order chi connectivity index (χ1) is 6.47. The van der Waals surface area contributed by atoms with Crippen LogP contribution in [0.4, 0.5) is 0 Å². The van der Waals surface area contributed by atoms with Crippen LogP contribution in [0.1, 0.15) is 20.3 Å². The van der Waals surface area contributed by atoms with Crippen molar-refractivity contribution in [2.45, 2.75) is 20.3 Å². The molecule has 14 heavy (non-hydrogen) atoms. The second-order valence-electron chi connectivity index (χ2n) is 3.12. The summed E-state index contributed by atoms with van der Waals surface area (Å²) in [6, 6.07) is 0. The molecule has 0 saturated heterocycles. The van der Waals surface area contributed by atoms with E-state index in [4.69, 9.17) is 5.73 Å². The second-order valence-corrected chi connectivity index (χ2v) is 3.12. The van der Waals surface area contributed by atoms with E-state index in [0.717, 1.165) is 16.8 Å². The Morgan fingerprint density at radius 2 is 2.00 bits per heavy atom. The van der Waals surface area contributed by atoms with Gasteiger partial charge in [0.25, 0.3) is 0 Å². The molecule has 0 aromatic rings. The summed E-state index contributed by atoms with van der Waals surface area (Å²) in [5.74, 6) is -0.281. The van der Waals surface area contributed by atoms with E-state index < -0.39 is 0 Å². The van der Waals surface area contributed by atoms with Crippen LogP contribution in [-0.2, 0) is 9.53 Å². The van der Waals surface area contributed by atoms with Gasteiger partial charge in [0, 0.05) is 5.70 Å². The highest BCUT2D eigenvalue weighted by Crippen LogP contribution is 2.11. The van der Waals surface area contributed by atoms with Crippen molar-refractivity contribution in [3.63, 3.8) is 0 Å². The van der Waals surface area contributed by atoms with Gasteiger partial charge in [0.2, 0.25) is 0 Å². The summed E-state index contributed by atoms with van der Waals surface area (Å²) in [5.41, 5.74) is 7.86. The lowest BCUT2D eigenvalue weighted by Crippen LogP contribution is -2.01. The summed E-state index contributed by atoms with van der Waals surface area (Å²) >= 11 is 0. The molecule has 0 fully saturated rings. The summed E-state index contributed by atoms with van der Waals surface area (Å²) in [4.78, 5) is 10.9. The van der Waals surface area contributed by atoms with Crippen LogP contribution in [0.5, 0.6) is 0 Å². The van der Waals surface area contributed by atoms with Gasteiger partial charge < -0.3 is 10.5 Å². The zero-order valence-electron chi connectivity index (χ0n) is 8.96. The maximum Gasteiger partial charge on any atom is 0.309 e. The Hall–Kier alpha value is -1.51. The highest BCUT2D eigenvalue weighted by molar-refractivity contribution is 5.73. The molecule has 0 aliphatic carbocycles. The van der Waals surface area contributed by atoms with Gasteiger partial charge in [-0.15, -0.1) is 0 Å². The molecule has 2 N–H and O–H groups in total. The van der Waals surface area contributed by atoms with E-state index >= 15 is 0 Å². The van der Waals surface area contributed by atoms with E-state index in [9.17, 15) is 4.79 Å². The summed E-state index contributed by atoms with van der Waals surface area (Å²) in [6.45, 7) is 7.46. The lowest BCUT2D eigenvalue weighted by molar-refractivity contribution is -0.139. The Morgan fingerprint density at radius 3 is 2.43 bits per heavy atom. The normalized spacial score (nSPS) is 12.5. The van der Waals surface area contributed by atoms with Gasteiger partial charge in [0.05, 0.1) is 13.5 Å². The third-order valence-corrected chi connectivity index (χ3v) is 1.74. The molecule has 3 heteroatoms. The second kappa shape index (κ2) is 6.02. The molecule has 0 aromatic heterocycles. The summed E-state index contributed by atoms with van der Waals surface area (Å²) in [6.07, 6.45) is 3.83. The standard InChI is InChI=1S/C11H17NO2/c1-8(5-6-10(3)12)9(2)7-11(13)14-4/h5-6H,2,7,12H2,1,3-4H3/b8-5-,10-6+. The first kappa shape index (κ1) is 12.5. The topological polar surface area (TPSA) is 52.3 Å². The molecule has 3 nitrogen and oxygen atoms in total. The fraction of sp³-hybridized carbons (Fsp3) is 0.364. The van der Waals surface area contributed by atoms with Gasteiger partial charge in [-0.25, -0.2) is 0 Å². The molecule has 0 saturated carbocycles. The van der Waals surface area contributed by atoms with Crippen molar-refractivity contribution in [3.05, 3.63) is 35.6 Å². The molecular formula is C11H17NO2. The van der Waals surface area contributed by atoms with Crippen molar-refractivity contribution in [3.8, 4) is 0 Å². The number of carbonyl (C=O) groups excluding carboxylic acids is 1. The van der Waals surface area contributed by atoms with E-state index in [1.165, 1.54) is 7.11 Å². The van der Waals surface area contributed by atoms with Crippen LogP contribution in [0, 0.1) is 0 Å². The SMILES string of the molecule is C=C(CC(=O)OC)/C(C)=C\C=C(/C)N. The number of rotatable bonds is 4. The van der Waals surface area contributed by atoms with Gasteiger partial charge in [-0.2, -0.15) is 0 Å². The van der Waals surface area contributed by atoms with E-state index in [0.29, 0.717) is 0 Å². The number of methoxy groups -OCH3 is 1. The van der Waals surface area contributed by atoms with Crippen molar-refractivity contribution in [1.29, 1.82) is 0 Å². The van der Waals surface area contributed by atoms with Gasteiger partial charge in [0.1, 0.15) is 0 Å². The van der Waals surface area contributed by atoms with Crippen LogP contribution in [0.15, 0.2) is 35.6 Å². The Morgan fingerprint density at radius 1 is 1.43 bits per heavy atom. The molecule has 0 aromatic carbocycles. The largest absolute Gasteiger partial charge is 0.469 e. The molecule has 0 unspecified atom stereocenters. The van der Waals surface area contributed by atoms with Crippen LogP contribution in [-0.4, -0.2) is 13.1 Å². The minimum Gasteiger partial charge on any atom is -0.469 e. The predicted molar refractivity (Wildman–Crippen MR) is 57.5 cm³/mol. The first-order valence-corrected chi connectivity index (χ1v) is 4.33. The van der Waals surface area contributed by atoms with Crippen LogP contribution in [0.3, 0.4) is 0 Å². The Labute approximate surface area is 84.9 Å². The van der Waals surface area contributed by atoms with Crippen molar-refractivity contribution >= 4 is 5.97 Å². The van der Waals surface area contributed by atoms with E-state index in [-0.39, 0.29) is 12.4 Å². The van der Waals surface area contributed by atoms with Crippen molar-refractivity contribution in [2.24, 2.45) is 5.73 Å². The molecule has 0 radical (unpaired) electrons. The summed E-state index contributed by atoms with van der Waals surface area (Å²) in [5, 5.41) is 0. The molecule has 0 spiro atoms. The molecule has 0 atom stereocenters. The van der Waals surface area contributed by atoms with E-state index in [2.05, 4.69) is 11.3 Å². The number of hydrogen-bond acceptors (Lipinski definition) is 3. The molecule has 78 valence electrons. The predicted octanol–water partition coefficient (Wildman–Crippen LogP) is 1.91. The van der Waals surface area contributed by atoms with Gasteiger partial charge in [0.15, 0.2) is 0 Å². The third kappa shape index (κ3) is 5.19.